The molecule has 0 saturated carbocycles. The van der Waals surface area contributed by atoms with Crippen molar-refractivity contribution in [2.75, 3.05) is 27.3 Å². The van der Waals surface area contributed by atoms with E-state index in [1.807, 2.05) is 0 Å². The Labute approximate surface area is 122 Å². The molecule has 20 heavy (non-hydrogen) atoms. The van der Waals surface area contributed by atoms with Crippen LogP contribution in [0, 0.1) is 6.92 Å². The summed E-state index contributed by atoms with van der Waals surface area (Å²) in [6, 6.07) is 0. The third-order valence-electron chi connectivity index (χ3n) is 2.80. The summed E-state index contributed by atoms with van der Waals surface area (Å²) in [6.45, 7) is 2.01. The van der Waals surface area contributed by atoms with E-state index in [1.165, 1.54) is 14.2 Å². The van der Waals surface area contributed by atoms with E-state index in [-0.39, 0.29) is 13.1 Å². The maximum atomic E-state index is 11.4. The predicted molar refractivity (Wildman–Crippen MR) is 72.3 cm³/mol. The molecule has 0 radical (unpaired) electrons. The summed E-state index contributed by atoms with van der Waals surface area (Å²) in [5.74, 6) is -0.882. The van der Waals surface area contributed by atoms with Crippen LogP contribution in [0.5, 0.6) is 0 Å². The first-order chi connectivity index (χ1) is 9.38. The second-order valence-electron chi connectivity index (χ2n) is 4.27. The fraction of sp³-hybridized carbons (Fsp3) is 0.583. The van der Waals surface area contributed by atoms with Crippen LogP contribution in [0.3, 0.4) is 0 Å². The van der Waals surface area contributed by atoms with E-state index in [0.29, 0.717) is 17.3 Å². The van der Waals surface area contributed by atoms with E-state index in [0.717, 1.165) is 5.69 Å². The van der Waals surface area contributed by atoms with Gasteiger partial charge in [-0.3, -0.25) is 19.2 Å². The summed E-state index contributed by atoms with van der Waals surface area (Å²) in [7, 11) is 4.34. The molecular weight excluding hydrogens is 286 g/mol. The SMILES string of the molecule is COC(=O)CN(CC(=O)OC)Cc1c(Cl)c(C)nn1C. The minimum absolute atomic E-state index is 0.0356. The zero-order chi connectivity index (χ0) is 15.3. The zero-order valence-electron chi connectivity index (χ0n) is 12.0. The molecule has 0 amide bonds. The van der Waals surface area contributed by atoms with E-state index < -0.39 is 11.9 Å². The molecule has 1 heterocycles. The third kappa shape index (κ3) is 4.21. The molecule has 0 aliphatic rings. The van der Waals surface area contributed by atoms with Gasteiger partial charge in [0.2, 0.25) is 0 Å². The maximum absolute atomic E-state index is 11.4. The van der Waals surface area contributed by atoms with Gasteiger partial charge in [-0.05, 0) is 6.92 Å². The van der Waals surface area contributed by atoms with Crippen molar-refractivity contribution in [1.29, 1.82) is 0 Å². The lowest BCUT2D eigenvalue weighted by Crippen LogP contribution is -2.35. The number of ether oxygens (including phenoxy) is 2. The lowest BCUT2D eigenvalue weighted by atomic mass is 10.3. The Kier molecular flexibility index (Phi) is 5.97. The monoisotopic (exact) mass is 303 g/mol. The molecule has 0 aromatic carbocycles. The van der Waals surface area contributed by atoms with Gasteiger partial charge in [-0.2, -0.15) is 5.10 Å². The summed E-state index contributed by atoms with van der Waals surface area (Å²) in [5, 5.41) is 4.71. The molecule has 0 fully saturated rings. The number of carbonyl (C=O) groups is 2. The van der Waals surface area contributed by atoms with E-state index in [1.54, 1.807) is 23.6 Å². The first-order valence-corrected chi connectivity index (χ1v) is 6.30. The number of nitrogens with zero attached hydrogens (tertiary/aromatic N) is 3. The van der Waals surface area contributed by atoms with Crippen molar-refractivity contribution < 1.29 is 19.1 Å². The van der Waals surface area contributed by atoms with Crippen molar-refractivity contribution >= 4 is 23.5 Å². The molecule has 0 atom stereocenters. The van der Waals surface area contributed by atoms with E-state index in [9.17, 15) is 9.59 Å². The molecule has 0 N–H and O–H groups in total. The first-order valence-electron chi connectivity index (χ1n) is 5.93. The summed E-state index contributed by atoms with van der Waals surface area (Å²) in [6.07, 6.45) is 0. The highest BCUT2D eigenvalue weighted by atomic mass is 35.5. The molecule has 0 aliphatic carbocycles. The van der Waals surface area contributed by atoms with Gasteiger partial charge in [0.05, 0.1) is 43.7 Å². The van der Waals surface area contributed by atoms with E-state index >= 15 is 0 Å². The highest BCUT2D eigenvalue weighted by Gasteiger charge is 2.20. The standard InChI is InChI=1S/C12H18ClN3O4/c1-8-12(13)9(15(2)14-8)5-16(6-10(17)19-3)7-11(18)20-4/h5-7H2,1-4H3. The van der Waals surface area contributed by atoms with Gasteiger partial charge in [-0.15, -0.1) is 0 Å². The van der Waals surface area contributed by atoms with Crippen molar-refractivity contribution in [2.45, 2.75) is 13.5 Å². The molecule has 8 heteroatoms. The molecule has 7 nitrogen and oxygen atoms in total. The Bertz CT molecular complexity index is 483. The smallest absolute Gasteiger partial charge is 0.319 e. The Balaban J connectivity index is 2.87. The van der Waals surface area contributed by atoms with Crippen LogP contribution < -0.4 is 0 Å². The number of methoxy groups -OCH3 is 2. The molecule has 1 rings (SSSR count). The second-order valence-corrected chi connectivity index (χ2v) is 4.65. The van der Waals surface area contributed by atoms with Crippen molar-refractivity contribution in [1.82, 2.24) is 14.7 Å². The number of carbonyl (C=O) groups excluding carboxylic acids is 2. The van der Waals surface area contributed by atoms with Crippen LogP contribution in [0.25, 0.3) is 0 Å². The fourth-order valence-electron chi connectivity index (χ4n) is 1.73. The zero-order valence-corrected chi connectivity index (χ0v) is 12.7. The molecule has 0 unspecified atom stereocenters. The normalized spacial score (nSPS) is 10.7. The molecule has 0 aliphatic heterocycles. The summed E-state index contributed by atoms with van der Waals surface area (Å²) in [5.41, 5.74) is 1.41. The van der Waals surface area contributed by atoms with Crippen LogP contribution in [0.1, 0.15) is 11.4 Å². The third-order valence-corrected chi connectivity index (χ3v) is 3.29. The number of hydrogen-bond donors (Lipinski definition) is 0. The van der Waals surface area contributed by atoms with Gasteiger partial charge >= 0.3 is 11.9 Å². The highest BCUT2D eigenvalue weighted by Crippen LogP contribution is 2.20. The van der Waals surface area contributed by atoms with Crippen LogP contribution in [-0.4, -0.2) is 53.9 Å². The van der Waals surface area contributed by atoms with Gasteiger partial charge in [0.15, 0.2) is 0 Å². The molecule has 0 spiro atoms. The molecule has 112 valence electrons. The lowest BCUT2D eigenvalue weighted by molar-refractivity contribution is -0.145. The maximum Gasteiger partial charge on any atom is 0.319 e. The van der Waals surface area contributed by atoms with Crippen molar-refractivity contribution in [2.24, 2.45) is 7.05 Å². The summed E-state index contributed by atoms with van der Waals surface area (Å²) < 4.78 is 10.8. The molecule has 0 bridgehead atoms. The van der Waals surface area contributed by atoms with Gasteiger partial charge < -0.3 is 9.47 Å². The van der Waals surface area contributed by atoms with Crippen LogP contribution in [0.15, 0.2) is 0 Å². The van der Waals surface area contributed by atoms with Crippen molar-refractivity contribution in [3.63, 3.8) is 0 Å². The van der Waals surface area contributed by atoms with Crippen LogP contribution >= 0.6 is 11.6 Å². The quantitative estimate of drug-likeness (QED) is 0.714. The van der Waals surface area contributed by atoms with Gasteiger partial charge in [0, 0.05) is 13.6 Å². The first kappa shape index (κ1) is 16.5. The van der Waals surface area contributed by atoms with Crippen LogP contribution in [0.4, 0.5) is 0 Å². The van der Waals surface area contributed by atoms with Crippen molar-refractivity contribution in [3.05, 3.63) is 16.4 Å². The summed E-state index contributed by atoms with van der Waals surface area (Å²) >= 11 is 6.16. The van der Waals surface area contributed by atoms with Crippen LogP contribution in [-0.2, 0) is 32.7 Å². The highest BCUT2D eigenvalue weighted by molar-refractivity contribution is 6.31. The van der Waals surface area contributed by atoms with Gasteiger partial charge in [0.25, 0.3) is 0 Å². The fourth-order valence-corrected chi connectivity index (χ4v) is 1.95. The molecule has 0 saturated heterocycles. The Morgan fingerprint density at radius 3 is 2.10 bits per heavy atom. The minimum Gasteiger partial charge on any atom is -0.468 e. The number of aromatic nitrogens is 2. The second kappa shape index (κ2) is 7.25. The Morgan fingerprint density at radius 1 is 1.25 bits per heavy atom. The molecule has 1 aromatic heterocycles. The number of aryl methyl sites for hydroxylation is 2. The number of esters is 2. The van der Waals surface area contributed by atoms with Gasteiger partial charge in [-0.25, -0.2) is 0 Å². The number of hydrogen-bond acceptors (Lipinski definition) is 6. The average molecular weight is 304 g/mol. The molecule has 1 aromatic rings. The number of rotatable bonds is 6. The Morgan fingerprint density at radius 2 is 1.75 bits per heavy atom. The van der Waals surface area contributed by atoms with E-state index in [4.69, 9.17) is 11.6 Å². The minimum atomic E-state index is -0.441. The van der Waals surface area contributed by atoms with Gasteiger partial charge in [-0.1, -0.05) is 11.6 Å². The lowest BCUT2D eigenvalue weighted by Gasteiger charge is -2.19. The molecular formula is C12H18ClN3O4. The van der Waals surface area contributed by atoms with Gasteiger partial charge in [0.1, 0.15) is 0 Å². The summed E-state index contributed by atoms with van der Waals surface area (Å²) in [4.78, 5) is 24.4. The average Bonchev–Trinajstić information content (AvgIpc) is 2.64. The predicted octanol–water partition coefficient (Wildman–Crippen LogP) is 0.530. The van der Waals surface area contributed by atoms with Crippen molar-refractivity contribution in [3.8, 4) is 0 Å². The van der Waals surface area contributed by atoms with E-state index in [2.05, 4.69) is 14.6 Å². The largest absolute Gasteiger partial charge is 0.468 e. The Hall–Kier alpha value is -1.60. The van der Waals surface area contributed by atoms with Crippen LogP contribution in [0.2, 0.25) is 5.02 Å². The topological polar surface area (TPSA) is 73.7 Å². The number of halogens is 1.